The van der Waals surface area contributed by atoms with Crippen LogP contribution in [0.5, 0.6) is 0 Å². The molecule has 0 spiro atoms. The number of hydrogen-bond donors (Lipinski definition) is 0. The molecule has 0 amide bonds. The van der Waals surface area contributed by atoms with Gasteiger partial charge in [0.1, 0.15) is 0 Å². The van der Waals surface area contributed by atoms with Gasteiger partial charge in [-0.1, -0.05) is 6.58 Å². The standard InChI is InChI=1S/C14H11F15O2/c1-5(2)7(30)31-4-8(16,17)10(20,21)12(24,25)14(28,29)13(26,27)11(22,23)9(18,19)6(3)15/h6H,1,4H2,2-3H3. The second-order valence-corrected chi connectivity index (χ2v) is 6.17. The van der Waals surface area contributed by atoms with Crippen LogP contribution >= 0.6 is 0 Å². The van der Waals surface area contributed by atoms with Crippen molar-refractivity contribution in [2.75, 3.05) is 6.61 Å². The SMILES string of the molecule is C=C(C)C(=O)OCC(F)(F)C(F)(F)C(F)(F)C(F)(F)C(F)(F)C(F)(F)C(F)(F)C(C)F. The predicted octanol–water partition coefficient (Wildman–Crippen LogP) is 5.91. The van der Waals surface area contributed by atoms with E-state index in [4.69, 9.17) is 0 Å². The number of hydrogen-bond acceptors (Lipinski definition) is 2. The average molecular weight is 496 g/mol. The maximum atomic E-state index is 13.5. The topological polar surface area (TPSA) is 26.3 Å². The van der Waals surface area contributed by atoms with E-state index in [1.807, 2.05) is 0 Å². The lowest BCUT2D eigenvalue weighted by molar-refractivity contribution is -0.444. The quantitative estimate of drug-likeness (QED) is 0.214. The first-order valence-corrected chi connectivity index (χ1v) is 7.38. The molecule has 1 unspecified atom stereocenters. The third kappa shape index (κ3) is 4.15. The van der Waals surface area contributed by atoms with Crippen molar-refractivity contribution in [2.24, 2.45) is 0 Å². The van der Waals surface area contributed by atoms with Crippen molar-refractivity contribution in [3.8, 4) is 0 Å². The zero-order chi connectivity index (χ0) is 25.6. The van der Waals surface area contributed by atoms with Crippen LogP contribution in [0.4, 0.5) is 65.9 Å². The zero-order valence-electron chi connectivity index (χ0n) is 15.0. The van der Waals surface area contributed by atoms with Gasteiger partial charge in [0.15, 0.2) is 12.8 Å². The summed E-state index contributed by atoms with van der Waals surface area (Å²) in [5.74, 6) is -55.5. The molecule has 1 atom stereocenters. The summed E-state index contributed by atoms with van der Waals surface area (Å²) in [4.78, 5) is 10.9. The third-order valence-electron chi connectivity index (χ3n) is 3.69. The largest absolute Gasteiger partial charge is 0.456 e. The lowest BCUT2D eigenvalue weighted by Crippen LogP contribution is -2.74. The van der Waals surface area contributed by atoms with E-state index in [2.05, 4.69) is 11.3 Å². The molecule has 0 N–H and O–H groups in total. The van der Waals surface area contributed by atoms with Gasteiger partial charge in [0.25, 0.3) is 0 Å². The molecule has 0 bridgehead atoms. The highest BCUT2D eigenvalue weighted by Gasteiger charge is 2.93. The molecule has 0 rings (SSSR count). The van der Waals surface area contributed by atoms with E-state index in [-0.39, 0.29) is 0 Å². The monoisotopic (exact) mass is 496 g/mol. The first-order valence-electron chi connectivity index (χ1n) is 7.38. The third-order valence-corrected chi connectivity index (χ3v) is 3.69. The molecule has 0 saturated heterocycles. The minimum Gasteiger partial charge on any atom is -0.456 e. The molecule has 0 aliphatic heterocycles. The summed E-state index contributed by atoms with van der Waals surface area (Å²) in [5, 5.41) is 0. The minimum absolute atomic E-state index is 0.584. The van der Waals surface area contributed by atoms with Crippen molar-refractivity contribution in [2.45, 2.75) is 61.5 Å². The molecular weight excluding hydrogens is 485 g/mol. The fourth-order valence-corrected chi connectivity index (χ4v) is 1.65. The van der Waals surface area contributed by atoms with Crippen molar-refractivity contribution >= 4 is 5.97 Å². The average Bonchev–Trinajstić information content (AvgIpc) is 2.58. The van der Waals surface area contributed by atoms with Gasteiger partial charge in [-0.2, -0.15) is 61.5 Å². The van der Waals surface area contributed by atoms with Crippen LogP contribution in [0, 0.1) is 0 Å². The number of ether oxygens (including phenoxy) is 1. The van der Waals surface area contributed by atoms with Crippen LogP contribution < -0.4 is 0 Å². The van der Waals surface area contributed by atoms with Crippen molar-refractivity contribution in [3.63, 3.8) is 0 Å². The van der Waals surface area contributed by atoms with E-state index in [1.165, 1.54) is 0 Å². The van der Waals surface area contributed by atoms with Crippen molar-refractivity contribution < 1.29 is 75.4 Å². The van der Waals surface area contributed by atoms with E-state index in [9.17, 15) is 70.7 Å². The Morgan fingerprint density at radius 2 is 1.06 bits per heavy atom. The molecule has 2 nitrogen and oxygen atoms in total. The lowest BCUT2D eigenvalue weighted by atomic mass is 9.88. The molecule has 0 radical (unpaired) electrons. The predicted molar refractivity (Wildman–Crippen MR) is 71.0 cm³/mol. The van der Waals surface area contributed by atoms with Gasteiger partial charge < -0.3 is 4.74 Å². The summed E-state index contributed by atoms with van der Waals surface area (Å²) >= 11 is 0. The number of alkyl halides is 15. The van der Waals surface area contributed by atoms with Crippen LogP contribution in [0.15, 0.2) is 12.2 Å². The molecule has 0 aromatic heterocycles. The van der Waals surface area contributed by atoms with Crippen LogP contribution in [0.25, 0.3) is 0 Å². The van der Waals surface area contributed by atoms with Crippen LogP contribution in [-0.4, -0.2) is 60.2 Å². The molecule has 0 fully saturated rings. The van der Waals surface area contributed by atoms with Gasteiger partial charge in [-0.3, -0.25) is 0 Å². The lowest BCUT2D eigenvalue weighted by Gasteiger charge is -2.42. The Hall–Kier alpha value is -1.84. The zero-order valence-corrected chi connectivity index (χ0v) is 15.0. The molecule has 0 saturated carbocycles. The van der Waals surface area contributed by atoms with Crippen LogP contribution in [0.2, 0.25) is 0 Å². The molecule has 31 heavy (non-hydrogen) atoms. The van der Waals surface area contributed by atoms with E-state index < -0.39 is 72.7 Å². The number of rotatable bonds is 10. The first kappa shape index (κ1) is 29.2. The van der Waals surface area contributed by atoms with Gasteiger partial charge in [0.05, 0.1) is 0 Å². The second-order valence-electron chi connectivity index (χ2n) is 6.17. The fourth-order valence-electron chi connectivity index (χ4n) is 1.65. The van der Waals surface area contributed by atoms with E-state index in [0.29, 0.717) is 0 Å². The summed E-state index contributed by atoms with van der Waals surface area (Å²) in [6.07, 6.45) is -4.40. The normalized spacial score (nSPS) is 16.2. The molecule has 0 aliphatic carbocycles. The molecule has 17 heteroatoms. The molecule has 0 aliphatic rings. The Bertz CT molecular complexity index is 696. The van der Waals surface area contributed by atoms with E-state index in [1.54, 1.807) is 0 Å². The van der Waals surface area contributed by atoms with Gasteiger partial charge in [-0.15, -0.1) is 0 Å². The highest BCUT2D eigenvalue weighted by Crippen LogP contribution is 2.62. The van der Waals surface area contributed by atoms with Gasteiger partial charge in [-0.05, 0) is 13.8 Å². The number of carbonyl (C=O) groups is 1. The minimum atomic E-state index is -8.31. The Balaban J connectivity index is 6.43. The Labute approximate surface area is 163 Å². The molecular formula is C14H11F15O2. The Morgan fingerprint density at radius 1 is 0.742 bits per heavy atom. The fraction of sp³-hybridized carbons (Fsp3) is 0.786. The molecule has 184 valence electrons. The van der Waals surface area contributed by atoms with Crippen molar-refractivity contribution in [1.29, 1.82) is 0 Å². The smallest absolute Gasteiger partial charge is 0.384 e. The highest BCUT2D eigenvalue weighted by atomic mass is 19.4. The molecule has 0 heterocycles. The molecule has 0 aromatic carbocycles. The van der Waals surface area contributed by atoms with Gasteiger partial charge >= 0.3 is 47.4 Å². The first-order chi connectivity index (χ1) is 13.3. The second kappa shape index (κ2) is 7.94. The highest BCUT2D eigenvalue weighted by molar-refractivity contribution is 5.86. The van der Waals surface area contributed by atoms with E-state index >= 15 is 0 Å². The van der Waals surface area contributed by atoms with Crippen molar-refractivity contribution in [3.05, 3.63) is 12.2 Å². The summed E-state index contributed by atoms with van der Waals surface area (Å²) in [6.45, 7) is -0.279. The van der Waals surface area contributed by atoms with Gasteiger partial charge in [-0.25, -0.2) is 9.18 Å². The van der Waals surface area contributed by atoms with Gasteiger partial charge in [0.2, 0.25) is 0 Å². The Morgan fingerprint density at radius 3 is 1.39 bits per heavy atom. The summed E-state index contributed by atoms with van der Waals surface area (Å²) in [5.41, 5.74) is -0.801. The van der Waals surface area contributed by atoms with Crippen LogP contribution in [-0.2, 0) is 9.53 Å². The van der Waals surface area contributed by atoms with Gasteiger partial charge in [0, 0.05) is 5.57 Å². The van der Waals surface area contributed by atoms with Crippen LogP contribution in [0.3, 0.4) is 0 Å². The number of carbonyl (C=O) groups excluding carboxylic acids is 1. The van der Waals surface area contributed by atoms with Crippen LogP contribution in [0.1, 0.15) is 13.8 Å². The number of esters is 1. The number of halogens is 15. The summed E-state index contributed by atoms with van der Waals surface area (Å²) in [7, 11) is 0. The maximum absolute atomic E-state index is 13.5. The maximum Gasteiger partial charge on any atom is 0.384 e. The Kier molecular flexibility index (Phi) is 7.47. The van der Waals surface area contributed by atoms with Crippen molar-refractivity contribution in [1.82, 2.24) is 0 Å². The summed E-state index contributed by atoms with van der Waals surface area (Å²) in [6, 6.07) is 0. The molecule has 0 aromatic rings. The summed E-state index contributed by atoms with van der Waals surface area (Å²) < 4.78 is 203. The van der Waals surface area contributed by atoms with E-state index in [0.717, 1.165) is 6.92 Å².